The van der Waals surface area contributed by atoms with Gasteiger partial charge >= 0.3 is 0 Å². The minimum atomic E-state index is -0.176. The van der Waals surface area contributed by atoms with Gasteiger partial charge in [0.2, 0.25) is 5.91 Å². The minimum Gasteiger partial charge on any atom is -0.379 e. The van der Waals surface area contributed by atoms with Crippen molar-refractivity contribution in [3.63, 3.8) is 0 Å². The second kappa shape index (κ2) is 4.75. The van der Waals surface area contributed by atoms with Crippen molar-refractivity contribution in [3.05, 3.63) is 0 Å². The average molecular weight is 200 g/mol. The van der Waals surface area contributed by atoms with E-state index >= 15 is 0 Å². The number of rotatable bonds is 4. The van der Waals surface area contributed by atoms with E-state index in [-0.39, 0.29) is 17.5 Å². The Kier molecular flexibility index (Phi) is 3.89. The summed E-state index contributed by atoms with van der Waals surface area (Å²) in [7, 11) is 0. The standard InChI is InChI=1S/C10H20N2O2/c1-3-8(11)6-9(13)12-10(2)4-5-14-7-10/h8H,3-7,11H2,1-2H3,(H,12,13). The van der Waals surface area contributed by atoms with Crippen LogP contribution in [-0.4, -0.2) is 30.7 Å². The molecular formula is C10H20N2O2. The lowest BCUT2D eigenvalue weighted by atomic mass is 10.0. The van der Waals surface area contributed by atoms with Gasteiger partial charge in [-0.25, -0.2) is 0 Å². The van der Waals surface area contributed by atoms with Gasteiger partial charge < -0.3 is 15.8 Å². The maximum absolute atomic E-state index is 11.5. The third-order valence-corrected chi connectivity index (χ3v) is 2.63. The monoisotopic (exact) mass is 200 g/mol. The SMILES string of the molecule is CCC(N)CC(=O)NC1(C)CCOC1. The fraction of sp³-hybridized carbons (Fsp3) is 0.900. The molecule has 4 heteroatoms. The first kappa shape index (κ1) is 11.5. The van der Waals surface area contributed by atoms with Gasteiger partial charge in [-0.2, -0.15) is 0 Å². The Labute approximate surface area is 85.2 Å². The Morgan fingerprint density at radius 2 is 2.43 bits per heavy atom. The van der Waals surface area contributed by atoms with Crippen LogP contribution in [0.4, 0.5) is 0 Å². The van der Waals surface area contributed by atoms with E-state index in [2.05, 4.69) is 5.32 Å². The van der Waals surface area contributed by atoms with Crippen LogP contribution in [-0.2, 0) is 9.53 Å². The van der Waals surface area contributed by atoms with Crippen molar-refractivity contribution in [2.24, 2.45) is 5.73 Å². The Morgan fingerprint density at radius 3 is 2.93 bits per heavy atom. The third kappa shape index (κ3) is 3.27. The van der Waals surface area contributed by atoms with Crippen LogP contribution < -0.4 is 11.1 Å². The molecule has 0 bridgehead atoms. The largest absolute Gasteiger partial charge is 0.379 e. The molecule has 14 heavy (non-hydrogen) atoms. The third-order valence-electron chi connectivity index (χ3n) is 2.63. The van der Waals surface area contributed by atoms with Crippen LogP contribution in [0.2, 0.25) is 0 Å². The van der Waals surface area contributed by atoms with E-state index in [0.29, 0.717) is 13.0 Å². The lowest BCUT2D eigenvalue weighted by Crippen LogP contribution is -2.47. The summed E-state index contributed by atoms with van der Waals surface area (Å²) < 4.78 is 5.25. The summed E-state index contributed by atoms with van der Waals surface area (Å²) in [6.07, 6.45) is 2.13. The Balaban J connectivity index is 2.32. The zero-order valence-corrected chi connectivity index (χ0v) is 9.01. The van der Waals surface area contributed by atoms with Crippen molar-refractivity contribution >= 4 is 5.91 Å². The number of hydrogen-bond donors (Lipinski definition) is 2. The molecule has 4 nitrogen and oxygen atoms in total. The molecule has 1 saturated heterocycles. The summed E-state index contributed by atoms with van der Waals surface area (Å²) in [4.78, 5) is 11.5. The molecule has 0 radical (unpaired) electrons. The number of hydrogen-bond acceptors (Lipinski definition) is 3. The molecule has 2 unspecified atom stereocenters. The van der Waals surface area contributed by atoms with Crippen LogP contribution in [0.5, 0.6) is 0 Å². The van der Waals surface area contributed by atoms with Gasteiger partial charge in [-0.15, -0.1) is 0 Å². The number of carbonyl (C=O) groups is 1. The van der Waals surface area contributed by atoms with Crippen LogP contribution in [0, 0.1) is 0 Å². The summed E-state index contributed by atoms with van der Waals surface area (Å²) in [5.74, 6) is 0.0346. The molecule has 2 atom stereocenters. The molecule has 1 aliphatic rings. The lowest BCUT2D eigenvalue weighted by molar-refractivity contribution is -0.123. The highest BCUT2D eigenvalue weighted by atomic mass is 16.5. The van der Waals surface area contributed by atoms with Crippen LogP contribution in [0.3, 0.4) is 0 Å². The molecule has 0 aliphatic carbocycles. The highest BCUT2D eigenvalue weighted by molar-refractivity contribution is 5.77. The zero-order valence-electron chi connectivity index (χ0n) is 9.01. The van der Waals surface area contributed by atoms with E-state index in [1.165, 1.54) is 0 Å². The average Bonchev–Trinajstić information content (AvgIpc) is 2.51. The van der Waals surface area contributed by atoms with E-state index < -0.39 is 0 Å². The van der Waals surface area contributed by atoms with Gasteiger partial charge in [0.05, 0.1) is 12.1 Å². The molecule has 82 valence electrons. The highest BCUT2D eigenvalue weighted by Crippen LogP contribution is 2.17. The van der Waals surface area contributed by atoms with Crippen molar-refractivity contribution in [2.45, 2.75) is 44.7 Å². The predicted molar refractivity (Wildman–Crippen MR) is 54.9 cm³/mol. The fourth-order valence-corrected chi connectivity index (χ4v) is 1.54. The van der Waals surface area contributed by atoms with Crippen molar-refractivity contribution in [1.29, 1.82) is 0 Å². The Morgan fingerprint density at radius 1 is 1.71 bits per heavy atom. The summed E-state index contributed by atoms with van der Waals surface area (Å²) in [5.41, 5.74) is 5.52. The summed E-state index contributed by atoms with van der Waals surface area (Å²) >= 11 is 0. The lowest BCUT2D eigenvalue weighted by Gasteiger charge is -2.24. The highest BCUT2D eigenvalue weighted by Gasteiger charge is 2.31. The van der Waals surface area contributed by atoms with Gasteiger partial charge in [0.15, 0.2) is 0 Å². The maximum atomic E-state index is 11.5. The van der Waals surface area contributed by atoms with Gasteiger partial charge in [-0.3, -0.25) is 4.79 Å². The van der Waals surface area contributed by atoms with E-state index in [1.54, 1.807) is 0 Å². The van der Waals surface area contributed by atoms with Crippen molar-refractivity contribution in [3.8, 4) is 0 Å². The van der Waals surface area contributed by atoms with Gasteiger partial charge in [-0.05, 0) is 19.8 Å². The molecule has 0 aromatic rings. The molecule has 0 spiro atoms. The molecule has 3 N–H and O–H groups in total. The molecule has 1 amide bonds. The second-order valence-corrected chi connectivity index (χ2v) is 4.28. The molecule has 0 aromatic heterocycles. The number of carbonyl (C=O) groups excluding carboxylic acids is 1. The zero-order chi connectivity index (χ0) is 10.6. The molecule has 1 fully saturated rings. The summed E-state index contributed by atoms with van der Waals surface area (Å²) in [5, 5.41) is 2.98. The molecule has 0 saturated carbocycles. The maximum Gasteiger partial charge on any atom is 0.222 e. The number of ether oxygens (including phenoxy) is 1. The van der Waals surface area contributed by atoms with E-state index in [9.17, 15) is 4.79 Å². The van der Waals surface area contributed by atoms with Crippen molar-refractivity contribution in [1.82, 2.24) is 5.32 Å². The quantitative estimate of drug-likeness (QED) is 0.691. The first-order valence-corrected chi connectivity index (χ1v) is 5.20. The number of nitrogens with one attached hydrogen (secondary N) is 1. The van der Waals surface area contributed by atoms with Gasteiger partial charge in [0, 0.05) is 19.1 Å². The fourth-order valence-electron chi connectivity index (χ4n) is 1.54. The first-order chi connectivity index (χ1) is 6.56. The summed E-state index contributed by atoms with van der Waals surface area (Å²) in [6, 6.07) is -0.0269. The smallest absolute Gasteiger partial charge is 0.222 e. The minimum absolute atomic E-state index is 0.0269. The summed E-state index contributed by atoms with van der Waals surface area (Å²) in [6.45, 7) is 5.34. The predicted octanol–water partition coefficient (Wildman–Crippen LogP) is 0.409. The normalized spacial score (nSPS) is 28.8. The Bertz CT molecular complexity index is 200. The van der Waals surface area contributed by atoms with Crippen LogP contribution in [0.1, 0.15) is 33.1 Å². The van der Waals surface area contributed by atoms with Crippen molar-refractivity contribution < 1.29 is 9.53 Å². The van der Waals surface area contributed by atoms with Crippen LogP contribution in [0.15, 0.2) is 0 Å². The van der Waals surface area contributed by atoms with Gasteiger partial charge in [0.1, 0.15) is 0 Å². The molecule has 1 heterocycles. The number of nitrogens with two attached hydrogens (primary N) is 1. The Hall–Kier alpha value is -0.610. The molecule has 0 aromatic carbocycles. The molecular weight excluding hydrogens is 180 g/mol. The molecule has 1 aliphatic heterocycles. The molecule has 1 rings (SSSR count). The van der Waals surface area contributed by atoms with Crippen LogP contribution >= 0.6 is 0 Å². The van der Waals surface area contributed by atoms with Gasteiger partial charge in [-0.1, -0.05) is 6.92 Å². The van der Waals surface area contributed by atoms with Gasteiger partial charge in [0.25, 0.3) is 0 Å². The second-order valence-electron chi connectivity index (χ2n) is 4.28. The van der Waals surface area contributed by atoms with Crippen LogP contribution in [0.25, 0.3) is 0 Å². The van der Waals surface area contributed by atoms with E-state index in [1.807, 2.05) is 13.8 Å². The number of amides is 1. The van der Waals surface area contributed by atoms with E-state index in [4.69, 9.17) is 10.5 Å². The van der Waals surface area contributed by atoms with E-state index in [0.717, 1.165) is 19.4 Å². The van der Waals surface area contributed by atoms with Crippen molar-refractivity contribution in [2.75, 3.05) is 13.2 Å². The topological polar surface area (TPSA) is 64.4 Å². The first-order valence-electron chi connectivity index (χ1n) is 5.20.